The Morgan fingerprint density at radius 3 is 2.59 bits per heavy atom. The summed E-state index contributed by atoms with van der Waals surface area (Å²) in [4.78, 5) is 19.7. The summed E-state index contributed by atoms with van der Waals surface area (Å²) in [6.07, 6.45) is 0. The van der Waals surface area contributed by atoms with Gasteiger partial charge in [0.15, 0.2) is 5.16 Å². The van der Waals surface area contributed by atoms with Crippen molar-refractivity contribution >= 4 is 29.3 Å². The third-order valence-electron chi connectivity index (χ3n) is 2.80. The second kappa shape index (κ2) is 7.08. The van der Waals surface area contributed by atoms with E-state index < -0.39 is 0 Å². The summed E-state index contributed by atoms with van der Waals surface area (Å²) in [6.45, 7) is 1.95. The zero-order valence-electron chi connectivity index (χ0n) is 12.0. The smallest absolute Gasteiger partial charge is 0.230 e. The van der Waals surface area contributed by atoms with Crippen LogP contribution in [0.1, 0.15) is 11.1 Å². The Morgan fingerprint density at radius 2 is 1.95 bits per heavy atom. The number of rotatable bonds is 5. The molecule has 0 saturated heterocycles. The maximum atomic E-state index is 13.4. The lowest BCUT2D eigenvalue weighted by molar-refractivity contribution is -0.118. The molecule has 1 heterocycles. The van der Waals surface area contributed by atoms with Crippen LogP contribution in [0.2, 0.25) is 0 Å². The number of nitrogens with zero attached hydrogens (tertiary/aromatic N) is 2. The minimum Gasteiger partial charge on any atom is -0.383 e. The average Bonchev–Trinajstić information content (AvgIpc) is 2.45. The second-order valence-corrected chi connectivity index (χ2v) is 5.59. The summed E-state index contributed by atoms with van der Waals surface area (Å²) < 4.78 is 13.4. The molecule has 116 valence electrons. The highest BCUT2D eigenvalue weighted by Crippen LogP contribution is 2.16. The molecule has 22 heavy (non-hydrogen) atoms. The molecule has 1 aromatic carbocycles. The SMILES string of the molecule is Cc1ccc(CNC(=O)CSc2nc(N)cc(N)n2)cc1F. The number of thioether (sulfide) groups is 1. The van der Waals surface area contributed by atoms with Gasteiger partial charge in [-0.05, 0) is 24.1 Å². The van der Waals surface area contributed by atoms with Gasteiger partial charge in [-0.15, -0.1) is 0 Å². The average molecular weight is 321 g/mol. The molecule has 0 spiro atoms. The molecule has 0 aliphatic carbocycles. The summed E-state index contributed by atoms with van der Waals surface area (Å²) in [7, 11) is 0. The zero-order chi connectivity index (χ0) is 16.1. The lowest BCUT2D eigenvalue weighted by Crippen LogP contribution is -2.24. The maximum absolute atomic E-state index is 13.4. The van der Waals surface area contributed by atoms with Gasteiger partial charge in [-0.2, -0.15) is 0 Å². The van der Waals surface area contributed by atoms with Gasteiger partial charge in [0.1, 0.15) is 17.5 Å². The second-order valence-electron chi connectivity index (χ2n) is 4.65. The number of hydrogen-bond acceptors (Lipinski definition) is 6. The van der Waals surface area contributed by atoms with Crippen molar-refractivity contribution in [2.45, 2.75) is 18.6 Å². The molecular weight excluding hydrogens is 305 g/mol. The van der Waals surface area contributed by atoms with Crippen LogP contribution in [-0.2, 0) is 11.3 Å². The fourth-order valence-corrected chi connectivity index (χ4v) is 2.36. The van der Waals surface area contributed by atoms with E-state index in [1.165, 1.54) is 12.1 Å². The van der Waals surface area contributed by atoms with Gasteiger partial charge >= 0.3 is 0 Å². The number of nitrogens with two attached hydrogens (primary N) is 2. The van der Waals surface area contributed by atoms with Gasteiger partial charge in [-0.1, -0.05) is 23.9 Å². The Bertz CT molecular complexity index is 675. The summed E-state index contributed by atoms with van der Waals surface area (Å²) >= 11 is 1.13. The van der Waals surface area contributed by atoms with E-state index in [0.29, 0.717) is 16.3 Å². The summed E-state index contributed by atoms with van der Waals surface area (Å²) in [6, 6.07) is 6.29. The molecule has 0 fully saturated rings. The molecule has 0 aliphatic heterocycles. The first-order valence-electron chi connectivity index (χ1n) is 6.48. The molecule has 1 amide bonds. The van der Waals surface area contributed by atoms with Gasteiger partial charge in [0, 0.05) is 12.6 Å². The number of benzene rings is 1. The fraction of sp³-hybridized carbons (Fsp3) is 0.214. The number of nitrogens with one attached hydrogen (secondary N) is 1. The van der Waals surface area contributed by atoms with Gasteiger partial charge < -0.3 is 16.8 Å². The van der Waals surface area contributed by atoms with E-state index in [4.69, 9.17) is 11.5 Å². The van der Waals surface area contributed by atoms with E-state index in [9.17, 15) is 9.18 Å². The van der Waals surface area contributed by atoms with Crippen LogP contribution in [0.3, 0.4) is 0 Å². The van der Waals surface area contributed by atoms with Crippen molar-refractivity contribution in [3.05, 3.63) is 41.2 Å². The van der Waals surface area contributed by atoms with E-state index in [1.54, 1.807) is 19.1 Å². The van der Waals surface area contributed by atoms with Crippen LogP contribution in [0.5, 0.6) is 0 Å². The van der Waals surface area contributed by atoms with Crippen molar-refractivity contribution < 1.29 is 9.18 Å². The van der Waals surface area contributed by atoms with Crippen molar-refractivity contribution in [1.82, 2.24) is 15.3 Å². The lowest BCUT2D eigenvalue weighted by Gasteiger charge is -2.06. The minimum absolute atomic E-state index is 0.122. The lowest BCUT2D eigenvalue weighted by atomic mass is 10.1. The molecule has 0 radical (unpaired) electrons. The van der Waals surface area contributed by atoms with Crippen molar-refractivity contribution in [2.75, 3.05) is 17.2 Å². The van der Waals surface area contributed by atoms with Crippen molar-refractivity contribution in [1.29, 1.82) is 0 Å². The molecule has 0 bridgehead atoms. The molecule has 2 rings (SSSR count). The molecule has 6 nitrogen and oxygen atoms in total. The molecule has 5 N–H and O–H groups in total. The van der Waals surface area contributed by atoms with E-state index in [2.05, 4.69) is 15.3 Å². The Morgan fingerprint density at radius 1 is 1.27 bits per heavy atom. The summed E-state index contributed by atoms with van der Waals surface area (Å²) in [5.74, 6) is 0.133. The van der Waals surface area contributed by atoms with Gasteiger partial charge in [-0.3, -0.25) is 4.79 Å². The zero-order valence-corrected chi connectivity index (χ0v) is 12.8. The Kier molecular flexibility index (Phi) is 5.16. The van der Waals surface area contributed by atoms with Crippen LogP contribution in [0.25, 0.3) is 0 Å². The number of aromatic nitrogens is 2. The Labute approximate surface area is 131 Å². The number of anilines is 2. The van der Waals surface area contributed by atoms with E-state index in [-0.39, 0.29) is 35.7 Å². The van der Waals surface area contributed by atoms with Gasteiger partial charge in [0.05, 0.1) is 5.75 Å². The number of carbonyl (C=O) groups is 1. The van der Waals surface area contributed by atoms with E-state index in [0.717, 1.165) is 11.8 Å². The quantitative estimate of drug-likeness (QED) is 0.569. The van der Waals surface area contributed by atoms with Crippen LogP contribution < -0.4 is 16.8 Å². The molecule has 2 aromatic rings. The maximum Gasteiger partial charge on any atom is 0.230 e. The predicted molar refractivity (Wildman–Crippen MR) is 84.6 cm³/mol. The van der Waals surface area contributed by atoms with Crippen LogP contribution >= 0.6 is 11.8 Å². The standard InChI is InChI=1S/C14H16FN5OS/c1-8-2-3-9(4-10(8)15)6-18-13(21)7-22-14-19-11(16)5-12(17)20-14/h2-5H,6-7H2,1H3,(H,18,21)(H4,16,17,19,20). The molecule has 0 saturated carbocycles. The topological polar surface area (TPSA) is 107 Å². The fourth-order valence-electron chi connectivity index (χ4n) is 1.65. The third kappa shape index (κ3) is 4.59. The first-order valence-corrected chi connectivity index (χ1v) is 7.47. The molecule has 1 aromatic heterocycles. The van der Waals surface area contributed by atoms with E-state index in [1.807, 2.05) is 0 Å². The highest BCUT2D eigenvalue weighted by Gasteiger charge is 2.07. The molecule has 0 aliphatic rings. The van der Waals surface area contributed by atoms with Crippen LogP contribution in [0.4, 0.5) is 16.0 Å². The highest BCUT2D eigenvalue weighted by atomic mass is 32.2. The Balaban J connectivity index is 1.84. The molecular formula is C14H16FN5OS. The van der Waals surface area contributed by atoms with E-state index >= 15 is 0 Å². The number of hydrogen-bond donors (Lipinski definition) is 3. The minimum atomic E-state index is -0.287. The molecule has 8 heteroatoms. The first-order chi connectivity index (χ1) is 10.4. The van der Waals surface area contributed by atoms with Crippen LogP contribution in [0.15, 0.2) is 29.4 Å². The van der Waals surface area contributed by atoms with Gasteiger partial charge in [0.25, 0.3) is 0 Å². The monoisotopic (exact) mass is 321 g/mol. The number of halogens is 1. The Hall–Kier alpha value is -2.35. The van der Waals surface area contributed by atoms with Crippen molar-refractivity contribution in [3.8, 4) is 0 Å². The number of amides is 1. The van der Waals surface area contributed by atoms with Crippen molar-refractivity contribution in [2.24, 2.45) is 0 Å². The normalized spacial score (nSPS) is 10.5. The highest BCUT2D eigenvalue weighted by molar-refractivity contribution is 7.99. The molecule has 0 unspecified atom stereocenters. The van der Waals surface area contributed by atoms with Crippen LogP contribution in [-0.4, -0.2) is 21.6 Å². The third-order valence-corrected chi connectivity index (χ3v) is 3.65. The number of nitrogen functional groups attached to an aromatic ring is 2. The number of aryl methyl sites for hydroxylation is 1. The van der Waals surface area contributed by atoms with Gasteiger partial charge in [-0.25, -0.2) is 14.4 Å². The van der Waals surface area contributed by atoms with Crippen molar-refractivity contribution in [3.63, 3.8) is 0 Å². The first kappa shape index (κ1) is 16.0. The van der Waals surface area contributed by atoms with Gasteiger partial charge in [0.2, 0.25) is 5.91 Å². The predicted octanol–water partition coefficient (Wildman–Crippen LogP) is 1.50. The summed E-state index contributed by atoms with van der Waals surface area (Å²) in [5.41, 5.74) is 12.4. The number of carbonyl (C=O) groups excluding carboxylic acids is 1. The molecule has 0 atom stereocenters. The largest absolute Gasteiger partial charge is 0.383 e. The summed E-state index contributed by atoms with van der Waals surface area (Å²) in [5, 5.41) is 3.04. The van der Waals surface area contributed by atoms with Crippen LogP contribution in [0, 0.1) is 12.7 Å².